The van der Waals surface area contributed by atoms with E-state index in [0.717, 1.165) is 12.8 Å². The maximum absolute atomic E-state index is 13.7. The summed E-state index contributed by atoms with van der Waals surface area (Å²) in [4.78, 5) is 16.3. The van der Waals surface area contributed by atoms with Crippen LogP contribution in [0.2, 0.25) is 0 Å². The van der Waals surface area contributed by atoms with Crippen LogP contribution in [0.15, 0.2) is 29.6 Å². The second-order valence-corrected chi connectivity index (χ2v) is 5.36. The van der Waals surface area contributed by atoms with Gasteiger partial charge in [0.15, 0.2) is 0 Å². The molecule has 5 heteroatoms. The average molecular weight is 292 g/mol. The highest BCUT2D eigenvalue weighted by Crippen LogP contribution is 2.26. The molecule has 0 unspecified atom stereocenters. The Hall–Kier alpha value is -1.75. The summed E-state index contributed by atoms with van der Waals surface area (Å²) in [6.07, 6.45) is 1.76. The van der Waals surface area contributed by atoms with Crippen molar-refractivity contribution in [3.8, 4) is 10.6 Å². The summed E-state index contributed by atoms with van der Waals surface area (Å²) in [6.45, 7) is 4.06. The average Bonchev–Trinajstić information content (AvgIpc) is 2.94. The van der Waals surface area contributed by atoms with E-state index < -0.39 is 0 Å². The van der Waals surface area contributed by atoms with Crippen molar-refractivity contribution in [2.45, 2.75) is 32.7 Å². The first kappa shape index (κ1) is 14.7. The van der Waals surface area contributed by atoms with Crippen LogP contribution in [0.5, 0.6) is 0 Å². The van der Waals surface area contributed by atoms with E-state index in [-0.39, 0.29) is 17.8 Å². The zero-order valence-electron chi connectivity index (χ0n) is 11.5. The fourth-order valence-corrected chi connectivity index (χ4v) is 2.72. The predicted molar refractivity (Wildman–Crippen MR) is 79.3 cm³/mol. The standard InChI is InChI=1S/C15H17FN2OS/c1-3-10(4-2)17-14(19)13-9-20-15(18-13)11-7-5-6-8-12(11)16/h5-10H,3-4H2,1-2H3,(H,17,19). The third-order valence-corrected chi connectivity index (χ3v) is 4.04. The monoisotopic (exact) mass is 292 g/mol. The molecule has 106 valence electrons. The van der Waals surface area contributed by atoms with Gasteiger partial charge in [0.1, 0.15) is 16.5 Å². The van der Waals surface area contributed by atoms with Crippen LogP contribution in [-0.4, -0.2) is 16.9 Å². The number of thiazole rings is 1. The number of carbonyl (C=O) groups is 1. The second-order valence-electron chi connectivity index (χ2n) is 4.50. The molecule has 1 aromatic carbocycles. The van der Waals surface area contributed by atoms with Crippen LogP contribution in [0.1, 0.15) is 37.2 Å². The van der Waals surface area contributed by atoms with Crippen molar-refractivity contribution < 1.29 is 9.18 Å². The van der Waals surface area contributed by atoms with E-state index >= 15 is 0 Å². The lowest BCUT2D eigenvalue weighted by atomic mass is 10.1. The van der Waals surface area contributed by atoms with Crippen LogP contribution >= 0.6 is 11.3 Å². The smallest absolute Gasteiger partial charge is 0.270 e. The van der Waals surface area contributed by atoms with Crippen LogP contribution in [-0.2, 0) is 0 Å². The van der Waals surface area contributed by atoms with Gasteiger partial charge in [-0.1, -0.05) is 26.0 Å². The molecule has 0 bridgehead atoms. The van der Waals surface area contributed by atoms with Crippen molar-refractivity contribution >= 4 is 17.2 Å². The van der Waals surface area contributed by atoms with E-state index in [0.29, 0.717) is 16.3 Å². The minimum atomic E-state index is -0.325. The van der Waals surface area contributed by atoms with Gasteiger partial charge in [-0.15, -0.1) is 11.3 Å². The summed E-state index contributed by atoms with van der Waals surface area (Å²) < 4.78 is 13.7. The highest BCUT2D eigenvalue weighted by molar-refractivity contribution is 7.13. The van der Waals surface area contributed by atoms with Gasteiger partial charge < -0.3 is 5.32 Å². The van der Waals surface area contributed by atoms with E-state index in [1.54, 1.807) is 23.6 Å². The summed E-state index contributed by atoms with van der Waals surface area (Å²) in [5, 5.41) is 5.12. The lowest BCUT2D eigenvalue weighted by Crippen LogP contribution is -2.33. The first-order valence-corrected chi connectivity index (χ1v) is 7.55. The number of rotatable bonds is 5. The maximum atomic E-state index is 13.7. The molecule has 0 aliphatic rings. The molecule has 0 aliphatic heterocycles. The molecular weight excluding hydrogens is 275 g/mol. The minimum Gasteiger partial charge on any atom is -0.348 e. The number of amides is 1. The molecule has 0 saturated heterocycles. The van der Waals surface area contributed by atoms with Crippen LogP contribution in [0.3, 0.4) is 0 Å². The summed E-state index contributed by atoms with van der Waals surface area (Å²) in [5.41, 5.74) is 0.777. The fraction of sp³-hybridized carbons (Fsp3) is 0.333. The van der Waals surface area contributed by atoms with Crippen molar-refractivity contribution in [3.05, 3.63) is 41.2 Å². The number of nitrogens with one attached hydrogen (secondary N) is 1. The highest BCUT2D eigenvalue weighted by atomic mass is 32.1. The number of aromatic nitrogens is 1. The van der Waals surface area contributed by atoms with Gasteiger partial charge in [-0.3, -0.25) is 4.79 Å². The third-order valence-electron chi connectivity index (χ3n) is 3.16. The molecule has 0 fully saturated rings. The number of halogens is 1. The van der Waals surface area contributed by atoms with Gasteiger partial charge in [0.2, 0.25) is 0 Å². The maximum Gasteiger partial charge on any atom is 0.270 e. The Kier molecular flexibility index (Phi) is 4.84. The van der Waals surface area contributed by atoms with Gasteiger partial charge >= 0.3 is 0 Å². The number of benzene rings is 1. The molecule has 2 rings (SSSR count). The Morgan fingerprint density at radius 2 is 2.05 bits per heavy atom. The Labute approximate surface area is 121 Å². The molecule has 0 spiro atoms. The Morgan fingerprint density at radius 1 is 1.35 bits per heavy atom. The van der Waals surface area contributed by atoms with E-state index in [1.165, 1.54) is 17.4 Å². The van der Waals surface area contributed by atoms with E-state index in [1.807, 2.05) is 13.8 Å². The van der Waals surface area contributed by atoms with Crippen molar-refractivity contribution in [2.24, 2.45) is 0 Å². The van der Waals surface area contributed by atoms with Crippen molar-refractivity contribution in [1.29, 1.82) is 0 Å². The largest absolute Gasteiger partial charge is 0.348 e. The Morgan fingerprint density at radius 3 is 2.70 bits per heavy atom. The molecule has 20 heavy (non-hydrogen) atoms. The number of hydrogen-bond donors (Lipinski definition) is 1. The molecule has 0 aliphatic carbocycles. The first-order chi connectivity index (χ1) is 9.65. The van der Waals surface area contributed by atoms with Gasteiger partial charge in [0.05, 0.1) is 0 Å². The molecule has 1 heterocycles. The summed E-state index contributed by atoms with van der Waals surface area (Å²) in [6, 6.07) is 6.59. The fourth-order valence-electron chi connectivity index (χ4n) is 1.89. The summed E-state index contributed by atoms with van der Waals surface area (Å²) in [5.74, 6) is -0.522. The zero-order chi connectivity index (χ0) is 14.5. The predicted octanol–water partition coefficient (Wildman–Crippen LogP) is 3.87. The topological polar surface area (TPSA) is 42.0 Å². The van der Waals surface area contributed by atoms with Crippen LogP contribution < -0.4 is 5.32 Å². The molecule has 2 aromatic rings. The van der Waals surface area contributed by atoms with Gasteiger partial charge in [0, 0.05) is 17.0 Å². The Bertz CT molecular complexity index is 593. The number of hydrogen-bond acceptors (Lipinski definition) is 3. The van der Waals surface area contributed by atoms with Crippen molar-refractivity contribution in [2.75, 3.05) is 0 Å². The van der Waals surface area contributed by atoms with Crippen molar-refractivity contribution in [3.63, 3.8) is 0 Å². The van der Waals surface area contributed by atoms with Gasteiger partial charge in [-0.05, 0) is 25.0 Å². The first-order valence-electron chi connectivity index (χ1n) is 6.67. The number of nitrogens with zero attached hydrogens (tertiary/aromatic N) is 1. The molecule has 0 atom stereocenters. The van der Waals surface area contributed by atoms with E-state index in [9.17, 15) is 9.18 Å². The van der Waals surface area contributed by atoms with Crippen LogP contribution in [0.25, 0.3) is 10.6 Å². The zero-order valence-corrected chi connectivity index (χ0v) is 12.3. The molecule has 0 radical (unpaired) electrons. The molecule has 1 amide bonds. The van der Waals surface area contributed by atoms with Crippen LogP contribution in [0, 0.1) is 5.82 Å². The van der Waals surface area contributed by atoms with Crippen molar-refractivity contribution in [1.82, 2.24) is 10.3 Å². The highest BCUT2D eigenvalue weighted by Gasteiger charge is 2.15. The van der Waals surface area contributed by atoms with Gasteiger partial charge in [-0.25, -0.2) is 9.37 Å². The summed E-state index contributed by atoms with van der Waals surface area (Å²) in [7, 11) is 0. The minimum absolute atomic E-state index is 0.154. The molecule has 3 nitrogen and oxygen atoms in total. The molecular formula is C15H17FN2OS. The SMILES string of the molecule is CCC(CC)NC(=O)c1csc(-c2ccccc2F)n1. The van der Waals surface area contributed by atoms with Crippen LogP contribution in [0.4, 0.5) is 4.39 Å². The lowest BCUT2D eigenvalue weighted by molar-refractivity contribution is 0.0930. The molecule has 0 saturated carbocycles. The summed E-state index contributed by atoms with van der Waals surface area (Å²) >= 11 is 1.28. The van der Waals surface area contributed by atoms with E-state index in [4.69, 9.17) is 0 Å². The number of carbonyl (C=O) groups excluding carboxylic acids is 1. The normalized spacial score (nSPS) is 10.8. The Balaban J connectivity index is 2.17. The molecule has 1 aromatic heterocycles. The van der Waals surface area contributed by atoms with Gasteiger partial charge in [0.25, 0.3) is 5.91 Å². The quantitative estimate of drug-likeness (QED) is 0.909. The van der Waals surface area contributed by atoms with E-state index in [2.05, 4.69) is 10.3 Å². The lowest BCUT2D eigenvalue weighted by Gasteiger charge is -2.13. The third kappa shape index (κ3) is 3.22. The molecule has 1 N–H and O–H groups in total. The van der Waals surface area contributed by atoms with Gasteiger partial charge in [-0.2, -0.15) is 0 Å². The second kappa shape index (κ2) is 6.61.